The average molecular weight is 342 g/mol. The number of nitrogens with one attached hydrogen (secondary N) is 1. The van der Waals surface area contributed by atoms with E-state index in [-0.39, 0.29) is 16.8 Å². The number of nitrogens with zero attached hydrogens (tertiary/aromatic N) is 1. The zero-order valence-electron chi connectivity index (χ0n) is 12.9. The van der Waals surface area contributed by atoms with E-state index >= 15 is 0 Å². The van der Waals surface area contributed by atoms with E-state index in [1.165, 1.54) is 4.31 Å². The number of amides is 1. The Hall–Kier alpha value is -1.05. The van der Waals surface area contributed by atoms with Crippen LogP contribution < -0.4 is 5.32 Å². The molecule has 1 aliphatic rings. The van der Waals surface area contributed by atoms with Gasteiger partial charge in [0.15, 0.2) is 0 Å². The summed E-state index contributed by atoms with van der Waals surface area (Å²) in [5.41, 5.74) is 0.625. The smallest absolute Gasteiger partial charge is 0.243 e. The first-order valence-electron chi connectivity index (χ1n) is 7.41. The summed E-state index contributed by atoms with van der Waals surface area (Å²) in [5, 5.41) is 2.78. The lowest BCUT2D eigenvalue weighted by Crippen LogP contribution is -2.28. The highest BCUT2D eigenvalue weighted by atomic mass is 32.2. The SMILES string of the molecule is CCSCCC(=O)Nc1ccc(S(=O)(=O)N(C)C2CC2)cc1. The number of hydrogen-bond donors (Lipinski definition) is 1. The third-order valence-electron chi connectivity index (χ3n) is 3.55. The number of benzene rings is 1. The molecule has 1 fully saturated rings. The Labute approximate surface area is 136 Å². The van der Waals surface area contributed by atoms with Gasteiger partial charge in [-0.1, -0.05) is 6.92 Å². The number of carbonyl (C=O) groups excluding carboxylic acids is 1. The summed E-state index contributed by atoms with van der Waals surface area (Å²) in [4.78, 5) is 12.0. The Morgan fingerprint density at radius 3 is 2.50 bits per heavy atom. The van der Waals surface area contributed by atoms with Crippen molar-refractivity contribution < 1.29 is 13.2 Å². The molecule has 1 aliphatic carbocycles. The van der Waals surface area contributed by atoms with Gasteiger partial charge in [-0.25, -0.2) is 8.42 Å². The second-order valence-electron chi connectivity index (χ2n) is 5.27. The third-order valence-corrected chi connectivity index (χ3v) is 6.38. The summed E-state index contributed by atoms with van der Waals surface area (Å²) in [5.74, 6) is 1.74. The van der Waals surface area contributed by atoms with Crippen LogP contribution in [-0.4, -0.2) is 43.2 Å². The highest BCUT2D eigenvalue weighted by Crippen LogP contribution is 2.30. The molecule has 1 saturated carbocycles. The minimum Gasteiger partial charge on any atom is -0.326 e. The van der Waals surface area contributed by atoms with E-state index < -0.39 is 10.0 Å². The molecule has 22 heavy (non-hydrogen) atoms. The van der Waals surface area contributed by atoms with Crippen molar-refractivity contribution in [2.75, 3.05) is 23.9 Å². The maximum absolute atomic E-state index is 12.4. The van der Waals surface area contributed by atoms with Crippen LogP contribution in [0.3, 0.4) is 0 Å². The molecular formula is C15H22N2O3S2. The summed E-state index contributed by atoms with van der Waals surface area (Å²) in [7, 11) is -1.80. The molecule has 1 aromatic carbocycles. The standard InChI is InChI=1S/C15H22N2O3S2/c1-3-21-11-10-15(18)16-12-4-8-14(9-5-12)22(19,20)17(2)13-6-7-13/h4-5,8-9,13H,3,6-7,10-11H2,1-2H3,(H,16,18). The monoisotopic (exact) mass is 342 g/mol. The first kappa shape index (κ1) is 17.3. The van der Waals surface area contributed by atoms with Crippen LogP contribution in [0.25, 0.3) is 0 Å². The van der Waals surface area contributed by atoms with Crippen molar-refractivity contribution >= 4 is 33.4 Å². The Kier molecular flexibility index (Phi) is 5.88. The Morgan fingerprint density at radius 1 is 1.32 bits per heavy atom. The van der Waals surface area contributed by atoms with Crippen LogP contribution in [0.1, 0.15) is 26.2 Å². The highest BCUT2D eigenvalue weighted by molar-refractivity contribution is 7.99. The van der Waals surface area contributed by atoms with Crippen molar-refractivity contribution in [3.05, 3.63) is 24.3 Å². The van der Waals surface area contributed by atoms with Crippen molar-refractivity contribution in [2.45, 2.75) is 37.1 Å². The zero-order chi connectivity index (χ0) is 16.2. The fraction of sp³-hybridized carbons (Fsp3) is 0.533. The van der Waals surface area contributed by atoms with Crippen molar-refractivity contribution in [2.24, 2.45) is 0 Å². The van der Waals surface area contributed by atoms with Crippen LogP contribution in [0.5, 0.6) is 0 Å². The Bertz CT molecular complexity index is 610. The van der Waals surface area contributed by atoms with E-state index in [9.17, 15) is 13.2 Å². The molecule has 1 N–H and O–H groups in total. The quantitative estimate of drug-likeness (QED) is 0.737. The summed E-state index contributed by atoms with van der Waals surface area (Å²) in [6.07, 6.45) is 2.32. The van der Waals surface area contributed by atoms with E-state index in [1.54, 1.807) is 43.1 Å². The molecule has 0 unspecified atom stereocenters. The molecular weight excluding hydrogens is 320 g/mol. The van der Waals surface area contributed by atoms with Gasteiger partial charge in [-0.3, -0.25) is 4.79 Å². The molecule has 0 radical (unpaired) electrons. The van der Waals surface area contributed by atoms with E-state index in [0.29, 0.717) is 12.1 Å². The van der Waals surface area contributed by atoms with Gasteiger partial charge in [0, 0.05) is 31.0 Å². The number of thioether (sulfide) groups is 1. The molecule has 0 atom stereocenters. The van der Waals surface area contributed by atoms with Gasteiger partial charge in [0.25, 0.3) is 0 Å². The van der Waals surface area contributed by atoms with Gasteiger partial charge >= 0.3 is 0 Å². The van der Waals surface area contributed by atoms with Crippen molar-refractivity contribution in [1.82, 2.24) is 4.31 Å². The highest BCUT2D eigenvalue weighted by Gasteiger charge is 2.34. The van der Waals surface area contributed by atoms with E-state index in [1.807, 2.05) is 0 Å². The predicted octanol–water partition coefficient (Wildman–Crippen LogP) is 2.55. The lowest BCUT2D eigenvalue weighted by atomic mass is 10.3. The molecule has 5 nitrogen and oxygen atoms in total. The molecule has 0 bridgehead atoms. The van der Waals surface area contributed by atoms with Gasteiger partial charge < -0.3 is 5.32 Å². The lowest BCUT2D eigenvalue weighted by molar-refractivity contribution is -0.115. The fourth-order valence-corrected chi connectivity index (χ4v) is 4.08. The van der Waals surface area contributed by atoms with Crippen LogP contribution in [0.15, 0.2) is 29.2 Å². The maximum Gasteiger partial charge on any atom is 0.243 e. The van der Waals surface area contributed by atoms with E-state index in [4.69, 9.17) is 0 Å². The number of rotatable bonds is 8. The molecule has 0 aliphatic heterocycles. The van der Waals surface area contributed by atoms with Crippen LogP contribution >= 0.6 is 11.8 Å². The minimum atomic E-state index is -3.42. The molecule has 7 heteroatoms. The second-order valence-corrected chi connectivity index (χ2v) is 8.66. The zero-order valence-corrected chi connectivity index (χ0v) is 14.5. The first-order valence-corrected chi connectivity index (χ1v) is 10.0. The fourth-order valence-electron chi connectivity index (χ4n) is 2.04. The Morgan fingerprint density at radius 2 is 1.95 bits per heavy atom. The van der Waals surface area contributed by atoms with Crippen LogP contribution in [0, 0.1) is 0 Å². The molecule has 0 aromatic heterocycles. The van der Waals surface area contributed by atoms with E-state index in [2.05, 4.69) is 12.2 Å². The summed E-state index contributed by atoms with van der Waals surface area (Å²) < 4.78 is 26.1. The summed E-state index contributed by atoms with van der Waals surface area (Å²) in [6.45, 7) is 2.06. The molecule has 2 rings (SSSR count). The van der Waals surface area contributed by atoms with Crippen LogP contribution in [-0.2, 0) is 14.8 Å². The van der Waals surface area contributed by atoms with Crippen LogP contribution in [0.4, 0.5) is 5.69 Å². The normalized spacial score (nSPS) is 15.0. The van der Waals surface area contributed by atoms with Crippen molar-refractivity contribution in [3.63, 3.8) is 0 Å². The third kappa shape index (κ3) is 4.47. The molecule has 0 heterocycles. The van der Waals surface area contributed by atoms with Gasteiger partial charge in [-0.15, -0.1) is 0 Å². The van der Waals surface area contributed by atoms with Crippen molar-refractivity contribution in [3.8, 4) is 0 Å². The van der Waals surface area contributed by atoms with Gasteiger partial charge in [0.2, 0.25) is 15.9 Å². The van der Waals surface area contributed by atoms with Gasteiger partial charge in [-0.2, -0.15) is 16.1 Å². The number of carbonyl (C=O) groups is 1. The average Bonchev–Trinajstić information content (AvgIpc) is 3.32. The molecule has 1 aromatic rings. The summed E-state index contributed by atoms with van der Waals surface area (Å²) >= 11 is 1.72. The Balaban J connectivity index is 1.96. The number of hydrogen-bond acceptors (Lipinski definition) is 4. The van der Waals surface area contributed by atoms with E-state index in [0.717, 1.165) is 24.3 Å². The van der Waals surface area contributed by atoms with Gasteiger partial charge in [0.1, 0.15) is 0 Å². The topological polar surface area (TPSA) is 66.5 Å². The number of sulfonamides is 1. The molecule has 122 valence electrons. The number of anilines is 1. The summed E-state index contributed by atoms with van der Waals surface area (Å²) in [6, 6.07) is 6.51. The largest absolute Gasteiger partial charge is 0.326 e. The molecule has 0 spiro atoms. The predicted molar refractivity (Wildman–Crippen MR) is 90.7 cm³/mol. The molecule has 1 amide bonds. The second kappa shape index (κ2) is 7.48. The van der Waals surface area contributed by atoms with Gasteiger partial charge in [0.05, 0.1) is 4.90 Å². The molecule has 0 saturated heterocycles. The maximum atomic E-state index is 12.4. The first-order chi connectivity index (χ1) is 10.4. The van der Waals surface area contributed by atoms with Crippen molar-refractivity contribution in [1.29, 1.82) is 0 Å². The lowest BCUT2D eigenvalue weighted by Gasteiger charge is -2.16. The minimum absolute atomic E-state index is 0.0494. The van der Waals surface area contributed by atoms with Gasteiger partial charge in [-0.05, 0) is 42.9 Å². The van der Waals surface area contributed by atoms with Crippen LogP contribution in [0.2, 0.25) is 0 Å².